The lowest BCUT2D eigenvalue weighted by molar-refractivity contribution is 1.30. The zero-order valence-electron chi connectivity index (χ0n) is 38.7. The molecule has 0 atom stereocenters. The molecule has 0 fully saturated rings. The van der Waals surface area contributed by atoms with E-state index >= 15 is 0 Å². The number of nitrogens with zero attached hydrogens (tertiary/aromatic N) is 1. The van der Waals surface area contributed by atoms with Gasteiger partial charge in [0.15, 0.2) is 0 Å². The summed E-state index contributed by atoms with van der Waals surface area (Å²) in [4.78, 5) is 1.63. The number of rotatable bonds is 6. The summed E-state index contributed by atoms with van der Waals surface area (Å²) >= 11 is 0. The van der Waals surface area contributed by atoms with E-state index in [1.165, 1.54) is 0 Å². The first-order valence-electron chi connectivity index (χ1n) is 21.7. The molecule has 0 heterocycles. The molecule has 0 amide bonds. The third-order valence-corrected chi connectivity index (χ3v) is 7.49. The largest absolute Gasteiger partial charge is 0.310 e. The van der Waals surface area contributed by atoms with E-state index in [-0.39, 0.29) is 5.69 Å². The third-order valence-electron chi connectivity index (χ3n) is 7.49. The van der Waals surface area contributed by atoms with Gasteiger partial charge in [0.25, 0.3) is 0 Å². The van der Waals surface area contributed by atoms with Gasteiger partial charge in [-0.2, -0.15) is 0 Å². The molecule has 0 unspecified atom stereocenters. The van der Waals surface area contributed by atoms with Crippen LogP contribution >= 0.6 is 0 Å². The Kier molecular flexibility index (Phi) is 3.93. The van der Waals surface area contributed by atoms with Gasteiger partial charge in [0.2, 0.25) is 0 Å². The van der Waals surface area contributed by atoms with Gasteiger partial charge in [-0.1, -0.05) is 151 Å². The fourth-order valence-electron chi connectivity index (χ4n) is 5.38. The van der Waals surface area contributed by atoms with Crippen molar-refractivity contribution in [2.24, 2.45) is 0 Å². The minimum absolute atomic E-state index is 0.152. The van der Waals surface area contributed by atoms with Gasteiger partial charge in [-0.15, -0.1) is 0 Å². The van der Waals surface area contributed by atoms with Crippen molar-refractivity contribution >= 4 is 38.6 Å². The van der Waals surface area contributed by atoms with Gasteiger partial charge in [-0.25, -0.2) is 0 Å². The fraction of sp³-hybridized carbons (Fsp3) is 0. The molecule has 0 aliphatic rings. The van der Waals surface area contributed by atoms with Crippen LogP contribution in [0.2, 0.25) is 0 Å². The molecule has 0 aromatic heterocycles. The van der Waals surface area contributed by atoms with Gasteiger partial charge in [-0.3, -0.25) is 0 Å². The molecule has 0 aliphatic heterocycles. The number of fused-ring (bicyclic) bond motifs is 2. The normalized spacial score (nSPS) is 15.8. The zero-order chi connectivity index (χ0) is 43.1. The van der Waals surface area contributed by atoms with E-state index in [0.717, 1.165) is 21.9 Å². The summed E-state index contributed by atoms with van der Waals surface area (Å²) in [5.74, 6) is 0. The van der Waals surface area contributed by atoms with Gasteiger partial charge < -0.3 is 4.90 Å². The standard InChI is InChI=1S/C44H31N/c1-3-12-32(13-4-1)37-19-9-20-40(30-37)45(44-23-11-18-35-16-7-8-21-42(35)44)39-28-26-33(27-29-39)38-25-24-36-17-10-22-41(43(36)31-38)34-14-5-2-6-15-34/h1-31H/i2D,5D,6D,10D,14D,15D,17D,22D,24D,25D,26D,27D,28D,29D,31D. The summed E-state index contributed by atoms with van der Waals surface area (Å²) in [5.41, 5.74) is 0.398. The van der Waals surface area contributed by atoms with Crippen LogP contribution in [0, 0.1) is 0 Å². The van der Waals surface area contributed by atoms with E-state index in [0.29, 0.717) is 11.4 Å². The number of benzene rings is 8. The van der Waals surface area contributed by atoms with Crippen LogP contribution < -0.4 is 4.90 Å². The second kappa shape index (κ2) is 11.6. The Hall–Kier alpha value is -5.92. The molecule has 8 aromatic carbocycles. The second-order valence-corrected chi connectivity index (χ2v) is 10.2. The third kappa shape index (κ3) is 5.15. The maximum atomic E-state index is 9.54. The molecule has 0 bridgehead atoms. The van der Waals surface area contributed by atoms with Crippen LogP contribution in [0.1, 0.15) is 20.6 Å². The summed E-state index contributed by atoms with van der Waals surface area (Å²) in [5, 5.41) is 0.624. The maximum absolute atomic E-state index is 9.54. The molecule has 0 saturated heterocycles. The summed E-state index contributed by atoms with van der Waals surface area (Å²) in [6.07, 6.45) is 0. The van der Waals surface area contributed by atoms with Gasteiger partial charge >= 0.3 is 0 Å². The predicted molar refractivity (Wildman–Crippen MR) is 192 cm³/mol. The average Bonchev–Trinajstić information content (AvgIpc) is 3.26. The highest BCUT2D eigenvalue weighted by Gasteiger charge is 2.16. The minimum Gasteiger partial charge on any atom is -0.310 e. The van der Waals surface area contributed by atoms with Crippen molar-refractivity contribution < 1.29 is 20.6 Å². The molecule has 0 saturated carbocycles. The van der Waals surface area contributed by atoms with Crippen LogP contribution in [-0.4, -0.2) is 0 Å². The first-order chi connectivity index (χ1) is 28.6. The van der Waals surface area contributed by atoms with Crippen molar-refractivity contribution in [1.82, 2.24) is 0 Å². The van der Waals surface area contributed by atoms with Crippen LogP contribution in [0.15, 0.2) is 188 Å². The highest BCUT2D eigenvalue weighted by molar-refractivity contribution is 6.00. The number of hydrogen-bond donors (Lipinski definition) is 0. The monoisotopic (exact) mass is 588 g/mol. The number of hydrogen-bond acceptors (Lipinski definition) is 1. The zero-order valence-corrected chi connectivity index (χ0v) is 23.7. The molecule has 1 heteroatoms. The van der Waals surface area contributed by atoms with Gasteiger partial charge in [-0.05, 0) is 85.9 Å². The molecule has 0 radical (unpaired) electrons. The van der Waals surface area contributed by atoms with Crippen molar-refractivity contribution in [3.63, 3.8) is 0 Å². The Morgan fingerprint density at radius 2 is 1.13 bits per heavy atom. The van der Waals surface area contributed by atoms with Crippen LogP contribution in [-0.2, 0) is 0 Å². The Morgan fingerprint density at radius 3 is 2.00 bits per heavy atom. The fourth-order valence-corrected chi connectivity index (χ4v) is 5.38. The lowest BCUT2D eigenvalue weighted by Crippen LogP contribution is -2.10. The van der Waals surface area contributed by atoms with E-state index < -0.39 is 124 Å². The quantitative estimate of drug-likeness (QED) is 0.187. The van der Waals surface area contributed by atoms with Crippen molar-refractivity contribution in [2.75, 3.05) is 4.90 Å². The maximum Gasteiger partial charge on any atom is 0.0645 e. The van der Waals surface area contributed by atoms with Crippen molar-refractivity contribution in [3.05, 3.63) is 188 Å². The Labute approximate surface area is 285 Å². The molecule has 212 valence electrons. The predicted octanol–water partition coefficient (Wildman–Crippen LogP) is 12.5. The van der Waals surface area contributed by atoms with Gasteiger partial charge in [0.1, 0.15) is 0 Å². The van der Waals surface area contributed by atoms with Crippen LogP contribution in [0.3, 0.4) is 0 Å². The summed E-state index contributed by atoms with van der Waals surface area (Å²) < 4.78 is 134. The van der Waals surface area contributed by atoms with Crippen LogP contribution in [0.5, 0.6) is 0 Å². The summed E-state index contributed by atoms with van der Waals surface area (Å²) in [7, 11) is 0. The molecule has 8 rings (SSSR count). The molecule has 1 nitrogen and oxygen atoms in total. The SMILES string of the molecule is [2H]c1c([2H])c([2H])c(-c2c([2H])c([2H])c([2H])c3c([2H])c([2H])c(-c4c([2H])c([2H])c(N(c5cccc(-c6ccccc6)c5)c5cccc6ccccc56)c([2H])c4[2H])c([2H])c23)c([2H])c1[2H]. The van der Waals surface area contributed by atoms with Crippen molar-refractivity contribution in [3.8, 4) is 33.4 Å². The Morgan fingerprint density at radius 1 is 0.400 bits per heavy atom. The summed E-state index contributed by atoms with van der Waals surface area (Å²) in [6, 6.07) is 19.2. The van der Waals surface area contributed by atoms with Gasteiger partial charge in [0.05, 0.1) is 26.2 Å². The Balaban J connectivity index is 1.46. The molecule has 8 aromatic rings. The average molecular weight is 589 g/mol. The minimum atomic E-state index is -0.777. The smallest absolute Gasteiger partial charge is 0.0645 e. The first-order valence-corrected chi connectivity index (χ1v) is 14.2. The first kappa shape index (κ1) is 15.2. The highest BCUT2D eigenvalue weighted by Crippen LogP contribution is 2.41. The van der Waals surface area contributed by atoms with Crippen LogP contribution in [0.4, 0.5) is 17.1 Å². The van der Waals surface area contributed by atoms with Crippen molar-refractivity contribution in [2.45, 2.75) is 0 Å². The molecule has 45 heavy (non-hydrogen) atoms. The van der Waals surface area contributed by atoms with Crippen molar-refractivity contribution in [1.29, 1.82) is 0 Å². The molecular formula is C44H31N. The van der Waals surface area contributed by atoms with E-state index in [4.69, 9.17) is 13.7 Å². The lowest BCUT2D eigenvalue weighted by Gasteiger charge is -2.27. The molecular weight excluding hydrogens is 542 g/mol. The second-order valence-electron chi connectivity index (χ2n) is 10.2. The Bertz CT molecular complexity index is 3050. The number of anilines is 3. The molecule has 0 N–H and O–H groups in total. The molecule has 0 aliphatic carbocycles. The van der Waals surface area contributed by atoms with E-state index in [1.54, 1.807) is 17.0 Å². The van der Waals surface area contributed by atoms with E-state index in [1.807, 2.05) is 84.9 Å². The molecule has 0 spiro atoms. The van der Waals surface area contributed by atoms with Gasteiger partial charge in [0, 0.05) is 16.8 Å². The van der Waals surface area contributed by atoms with E-state index in [9.17, 15) is 6.85 Å². The lowest BCUT2D eigenvalue weighted by atomic mass is 9.95. The summed E-state index contributed by atoms with van der Waals surface area (Å²) in [6.45, 7) is 0. The van der Waals surface area contributed by atoms with Crippen LogP contribution in [0.25, 0.3) is 54.9 Å². The topological polar surface area (TPSA) is 3.24 Å². The highest BCUT2D eigenvalue weighted by atomic mass is 15.1. The van der Waals surface area contributed by atoms with E-state index in [2.05, 4.69) is 0 Å².